The van der Waals surface area contributed by atoms with E-state index in [1.54, 1.807) is 17.7 Å². The molecule has 0 amide bonds. The summed E-state index contributed by atoms with van der Waals surface area (Å²) in [6.45, 7) is 4.19. The molecule has 0 saturated heterocycles. The maximum absolute atomic E-state index is 12.6. The molecule has 0 N–H and O–H groups in total. The molecule has 0 saturated carbocycles. The third-order valence-corrected chi connectivity index (χ3v) is 6.62. The standard InChI is InChI=1S/C21H21Cl2F3N2O3S/c1-5-11(6-2)13-7-8-14(22)17-18(13)28(3)20(27-17)30-19-15(23)9-12(31-21(24,25)26)10-16(19)32(4)29/h7-11H,5-6H2,1-4H3. The summed E-state index contributed by atoms with van der Waals surface area (Å²) in [5.41, 5.74) is 2.37. The highest BCUT2D eigenvalue weighted by Gasteiger charge is 2.33. The molecule has 0 aliphatic heterocycles. The summed E-state index contributed by atoms with van der Waals surface area (Å²) in [5, 5.41) is 0.231. The van der Waals surface area contributed by atoms with E-state index >= 15 is 0 Å². The normalized spacial score (nSPS) is 13.1. The molecule has 5 nitrogen and oxygen atoms in total. The van der Waals surface area contributed by atoms with Gasteiger partial charge in [0, 0.05) is 19.2 Å². The van der Waals surface area contributed by atoms with Crippen LogP contribution in [0.5, 0.6) is 17.5 Å². The van der Waals surface area contributed by atoms with Crippen LogP contribution in [0.3, 0.4) is 0 Å². The van der Waals surface area contributed by atoms with Gasteiger partial charge in [0.15, 0.2) is 4.90 Å². The van der Waals surface area contributed by atoms with Gasteiger partial charge in [0.2, 0.25) is 5.75 Å². The molecule has 0 fully saturated rings. The Morgan fingerprint density at radius 3 is 2.38 bits per heavy atom. The van der Waals surface area contributed by atoms with Gasteiger partial charge in [-0.1, -0.05) is 43.1 Å². The smallest absolute Gasteiger partial charge is 0.573 e. The molecule has 3 aromatic rings. The molecule has 11 heteroatoms. The van der Waals surface area contributed by atoms with Crippen LogP contribution in [0, 0.1) is 0 Å². The van der Waals surface area contributed by atoms with Crippen molar-refractivity contribution in [1.29, 1.82) is 0 Å². The Morgan fingerprint density at radius 2 is 1.81 bits per heavy atom. The number of ether oxygens (including phenoxy) is 2. The second-order valence-electron chi connectivity index (χ2n) is 7.14. The fourth-order valence-electron chi connectivity index (χ4n) is 3.59. The van der Waals surface area contributed by atoms with Crippen molar-refractivity contribution >= 4 is 45.4 Å². The lowest BCUT2D eigenvalue weighted by molar-refractivity contribution is -0.274. The summed E-state index contributed by atoms with van der Waals surface area (Å²) in [5.74, 6) is -0.385. The van der Waals surface area contributed by atoms with E-state index in [9.17, 15) is 17.7 Å². The number of benzene rings is 2. The fourth-order valence-corrected chi connectivity index (χ4v) is 4.78. The second kappa shape index (κ2) is 9.59. The van der Waals surface area contributed by atoms with E-state index in [2.05, 4.69) is 23.6 Å². The minimum atomic E-state index is -4.92. The van der Waals surface area contributed by atoms with Crippen molar-refractivity contribution in [2.45, 2.75) is 43.9 Å². The number of halogens is 5. The molecule has 3 rings (SSSR count). The van der Waals surface area contributed by atoms with Crippen LogP contribution in [0.15, 0.2) is 29.2 Å². The lowest BCUT2D eigenvalue weighted by Gasteiger charge is -2.16. The van der Waals surface area contributed by atoms with Gasteiger partial charge in [0.1, 0.15) is 17.5 Å². The topological polar surface area (TPSA) is 59.3 Å². The lowest BCUT2D eigenvalue weighted by atomic mass is 9.93. The molecule has 174 valence electrons. The molecule has 1 atom stereocenters. The first kappa shape index (κ1) is 24.8. The summed E-state index contributed by atoms with van der Waals surface area (Å²) in [4.78, 5) is 4.42. The minimum Gasteiger partial charge on any atom is -0.612 e. The van der Waals surface area contributed by atoms with E-state index in [0.29, 0.717) is 10.5 Å². The number of imidazole rings is 1. The Hall–Kier alpha value is -1.81. The van der Waals surface area contributed by atoms with Crippen molar-refractivity contribution in [3.63, 3.8) is 0 Å². The number of rotatable bonds is 7. The molecule has 2 aromatic carbocycles. The van der Waals surface area contributed by atoms with Crippen molar-refractivity contribution in [2.75, 3.05) is 6.26 Å². The van der Waals surface area contributed by atoms with Crippen LogP contribution >= 0.6 is 23.2 Å². The third-order valence-electron chi connectivity index (χ3n) is 5.11. The van der Waals surface area contributed by atoms with Gasteiger partial charge in [-0.25, -0.2) is 0 Å². The number of aromatic nitrogens is 2. The molecule has 0 aliphatic rings. The van der Waals surface area contributed by atoms with Crippen molar-refractivity contribution in [1.82, 2.24) is 9.55 Å². The first-order valence-corrected chi connectivity index (χ1v) is 12.0. The maximum Gasteiger partial charge on any atom is 0.573 e. The molecule has 0 radical (unpaired) electrons. The highest BCUT2D eigenvalue weighted by molar-refractivity contribution is 7.90. The number of fused-ring (bicyclic) bond motifs is 1. The molecule has 0 spiro atoms. The molecule has 1 unspecified atom stereocenters. The monoisotopic (exact) mass is 508 g/mol. The molecule has 0 bridgehead atoms. The van der Waals surface area contributed by atoms with Crippen LogP contribution in [0.25, 0.3) is 11.0 Å². The number of alkyl halides is 3. The number of nitrogens with zero attached hydrogens (tertiary/aromatic N) is 2. The van der Waals surface area contributed by atoms with Crippen LogP contribution in [0.2, 0.25) is 10.0 Å². The van der Waals surface area contributed by atoms with Gasteiger partial charge in [-0.05, 0) is 41.6 Å². The van der Waals surface area contributed by atoms with Gasteiger partial charge in [-0.15, -0.1) is 13.2 Å². The minimum absolute atomic E-state index is 0.0601. The summed E-state index contributed by atoms with van der Waals surface area (Å²) in [6, 6.07) is 5.77. The van der Waals surface area contributed by atoms with Gasteiger partial charge in [0.05, 0.1) is 15.6 Å². The Morgan fingerprint density at radius 1 is 1.16 bits per heavy atom. The third kappa shape index (κ3) is 5.06. The van der Waals surface area contributed by atoms with E-state index in [1.165, 1.54) is 6.26 Å². The highest BCUT2D eigenvalue weighted by atomic mass is 35.5. The summed E-state index contributed by atoms with van der Waals surface area (Å²) < 4.78 is 61.6. The fraction of sp³-hybridized carbons (Fsp3) is 0.381. The van der Waals surface area contributed by atoms with Crippen LogP contribution in [0.1, 0.15) is 38.2 Å². The van der Waals surface area contributed by atoms with Crippen LogP contribution in [0.4, 0.5) is 13.2 Å². The molecular formula is C21H21Cl2F3N2O3S. The Kier molecular flexibility index (Phi) is 7.44. The largest absolute Gasteiger partial charge is 0.612 e. The molecule has 1 aromatic heterocycles. The predicted molar refractivity (Wildman–Crippen MR) is 120 cm³/mol. The van der Waals surface area contributed by atoms with Crippen LogP contribution in [-0.4, -0.2) is 26.7 Å². The second-order valence-corrected chi connectivity index (χ2v) is 9.30. The zero-order valence-electron chi connectivity index (χ0n) is 17.7. The van der Waals surface area contributed by atoms with Gasteiger partial charge < -0.3 is 14.0 Å². The van der Waals surface area contributed by atoms with Gasteiger partial charge in [-0.3, -0.25) is 4.57 Å². The molecule has 32 heavy (non-hydrogen) atoms. The van der Waals surface area contributed by atoms with E-state index < -0.39 is 23.3 Å². The molecule has 1 heterocycles. The van der Waals surface area contributed by atoms with Crippen LogP contribution in [-0.2, 0) is 18.2 Å². The highest BCUT2D eigenvalue weighted by Crippen LogP contribution is 2.42. The van der Waals surface area contributed by atoms with Gasteiger partial charge >= 0.3 is 12.4 Å². The molecule has 0 aliphatic carbocycles. The van der Waals surface area contributed by atoms with Crippen molar-refractivity contribution < 1.29 is 27.2 Å². The quantitative estimate of drug-likeness (QED) is 0.316. The van der Waals surface area contributed by atoms with Gasteiger partial charge in [-0.2, -0.15) is 4.98 Å². The summed E-state index contributed by atoms with van der Waals surface area (Å²) >= 11 is 10.8. The predicted octanol–water partition coefficient (Wildman–Crippen LogP) is 7.21. The number of hydrogen-bond acceptors (Lipinski definition) is 4. The first-order valence-electron chi connectivity index (χ1n) is 9.72. The average molecular weight is 509 g/mol. The van der Waals surface area contributed by atoms with E-state index in [4.69, 9.17) is 27.9 Å². The van der Waals surface area contributed by atoms with Crippen molar-refractivity contribution in [2.24, 2.45) is 7.05 Å². The first-order chi connectivity index (χ1) is 15.0. The van der Waals surface area contributed by atoms with Crippen molar-refractivity contribution in [3.05, 3.63) is 39.9 Å². The summed E-state index contributed by atoms with van der Waals surface area (Å²) in [7, 11) is 1.74. The van der Waals surface area contributed by atoms with Crippen LogP contribution < -0.4 is 9.47 Å². The maximum atomic E-state index is 12.6. The zero-order valence-corrected chi connectivity index (χ0v) is 20.0. The Balaban J connectivity index is 2.13. The lowest BCUT2D eigenvalue weighted by Crippen LogP contribution is -2.17. The number of hydrogen-bond donors (Lipinski definition) is 0. The van der Waals surface area contributed by atoms with E-state index in [-0.39, 0.29) is 27.6 Å². The van der Waals surface area contributed by atoms with E-state index in [1.807, 2.05) is 6.07 Å². The average Bonchev–Trinajstić information content (AvgIpc) is 3.02. The summed E-state index contributed by atoms with van der Waals surface area (Å²) in [6.07, 6.45) is -1.79. The SMILES string of the molecule is CCC(CC)c1ccc(Cl)c2nc(Oc3c(Cl)cc(OC(F)(F)F)cc3[S+](C)[O-])n(C)c12. The number of aryl methyl sites for hydroxylation is 1. The zero-order chi connectivity index (χ0) is 23.8. The Labute approximate surface area is 196 Å². The van der Waals surface area contributed by atoms with Gasteiger partial charge in [0.25, 0.3) is 0 Å². The van der Waals surface area contributed by atoms with Crippen molar-refractivity contribution in [3.8, 4) is 17.5 Å². The Bertz CT molecular complexity index is 1130. The molecular weight excluding hydrogens is 488 g/mol. The van der Waals surface area contributed by atoms with E-state index in [0.717, 1.165) is 36.1 Å².